The molecule has 0 bridgehead atoms. The molecule has 3 aromatic rings. The van der Waals surface area contributed by atoms with Gasteiger partial charge < -0.3 is 10.6 Å². The minimum absolute atomic E-state index is 0.0915. The Morgan fingerprint density at radius 2 is 1.74 bits per heavy atom. The molecule has 2 amide bonds. The average Bonchev–Trinajstić information content (AvgIpc) is 2.67. The first-order valence-electron chi connectivity index (χ1n) is 8.85. The van der Waals surface area contributed by atoms with E-state index in [2.05, 4.69) is 26.6 Å². The van der Waals surface area contributed by atoms with Crippen LogP contribution < -0.4 is 10.6 Å². The first-order chi connectivity index (χ1) is 13.0. The summed E-state index contributed by atoms with van der Waals surface area (Å²) in [5.74, 6) is -0.269. The van der Waals surface area contributed by atoms with Gasteiger partial charge >= 0.3 is 0 Å². The second-order valence-corrected chi connectivity index (χ2v) is 7.33. The van der Waals surface area contributed by atoms with Gasteiger partial charge in [-0.05, 0) is 47.5 Å². The Balaban J connectivity index is 1.49. The van der Waals surface area contributed by atoms with E-state index < -0.39 is 0 Å². The Kier molecular flexibility index (Phi) is 6.24. The van der Waals surface area contributed by atoms with Crippen molar-refractivity contribution >= 4 is 38.5 Å². The molecular weight excluding hydrogens is 404 g/mol. The van der Waals surface area contributed by atoms with Crippen LogP contribution in [0.15, 0.2) is 71.2 Å². The molecule has 0 spiro atoms. The minimum atomic E-state index is -0.173. The van der Waals surface area contributed by atoms with Gasteiger partial charge in [0.1, 0.15) is 0 Å². The highest BCUT2D eigenvalue weighted by atomic mass is 79.9. The van der Waals surface area contributed by atoms with Crippen molar-refractivity contribution in [1.29, 1.82) is 0 Å². The fourth-order valence-corrected chi connectivity index (χ4v) is 3.31. The molecule has 0 aliphatic carbocycles. The van der Waals surface area contributed by atoms with Gasteiger partial charge in [0.2, 0.25) is 5.91 Å². The Labute approximate surface area is 167 Å². The number of rotatable bonds is 6. The molecule has 2 N–H and O–H groups in total. The van der Waals surface area contributed by atoms with E-state index in [9.17, 15) is 9.59 Å². The zero-order valence-corrected chi connectivity index (χ0v) is 16.6. The molecule has 0 aromatic heterocycles. The summed E-state index contributed by atoms with van der Waals surface area (Å²) < 4.78 is 0.976. The molecule has 0 heterocycles. The Hall–Kier alpha value is -2.66. The smallest absolute Gasteiger partial charge is 0.251 e. The van der Waals surface area contributed by atoms with Crippen LogP contribution in [0.1, 0.15) is 35.3 Å². The number of halogens is 1. The topological polar surface area (TPSA) is 58.2 Å². The first kappa shape index (κ1) is 19.1. The highest BCUT2D eigenvalue weighted by Crippen LogP contribution is 2.18. The number of carbonyl (C=O) groups excluding carboxylic acids is 2. The molecule has 3 aromatic carbocycles. The summed E-state index contributed by atoms with van der Waals surface area (Å²) in [6.07, 6.45) is 0.234. The maximum Gasteiger partial charge on any atom is 0.251 e. The van der Waals surface area contributed by atoms with E-state index in [0.29, 0.717) is 12.1 Å². The molecule has 1 atom stereocenters. The molecule has 3 rings (SSSR count). The van der Waals surface area contributed by atoms with Gasteiger partial charge in [0.15, 0.2) is 0 Å². The zero-order chi connectivity index (χ0) is 19.2. The fraction of sp³-hybridized carbons (Fsp3) is 0.182. The lowest BCUT2D eigenvalue weighted by molar-refractivity contribution is -0.121. The second kappa shape index (κ2) is 8.82. The van der Waals surface area contributed by atoms with Gasteiger partial charge in [-0.1, -0.05) is 58.4 Å². The van der Waals surface area contributed by atoms with Crippen LogP contribution >= 0.6 is 15.9 Å². The number of hydrogen-bond donors (Lipinski definition) is 2. The van der Waals surface area contributed by atoms with Crippen LogP contribution in [-0.2, 0) is 4.79 Å². The molecule has 0 fully saturated rings. The van der Waals surface area contributed by atoms with Crippen molar-refractivity contribution in [1.82, 2.24) is 10.6 Å². The summed E-state index contributed by atoms with van der Waals surface area (Å²) in [5, 5.41) is 7.87. The normalized spacial score (nSPS) is 11.8. The highest BCUT2D eigenvalue weighted by Gasteiger charge is 2.11. The number of amides is 2. The number of nitrogens with one attached hydrogen (secondary N) is 2. The van der Waals surface area contributed by atoms with Crippen LogP contribution in [0.25, 0.3) is 10.8 Å². The van der Waals surface area contributed by atoms with Crippen LogP contribution in [0.5, 0.6) is 0 Å². The molecule has 0 aliphatic heterocycles. The van der Waals surface area contributed by atoms with Crippen molar-refractivity contribution in [2.75, 3.05) is 6.54 Å². The second-order valence-electron chi connectivity index (χ2n) is 6.41. The van der Waals surface area contributed by atoms with E-state index in [-0.39, 0.29) is 24.3 Å². The summed E-state index contributed by atoms with van der Waals surface area (Å²) in [6, 6.07) is 21.2. The monoisotopic (exact) mass is 424 g/mol. The third-order valence-electron chi connectivity index (χ3n) is 4.38. The molecule has 1 unspecified atom stereocenters. The molecule has 0 saturated heterocycles. The zero-order valence-electron chi connectivity index (χ0n) is 15.0. The van der Waals surface area contributed by atoms with Crippen LogP contribution in [0, 0.1) is 0 Å². The van der Waals surface area contributed by atoms with E-state index in [1.54, 1.807) is 6.07 Å². The third-order valence-corrected chi connectivity index (χ3v) is 4.87. The predicted molar refractivity (Wildman–Crippen MR) is 112 cm³/mol. The van der Waals surface area contributed by atoms with Crippen molar-refractivity contribution in [3.63, 3.8) is 0 Å². The van der Waals surface area contributed by atoms with Crippen molar-refractivity contribution in [2.45, 2.75) is 19.4 Å². The lowest BCUT2D eigenvalue weighted by Gasteiger charge is -2.15. The van der Waals surface area contributed by atoms with E-state index in [0.717, 1.165) is 20.8 Å². The van der Waals surface area contributed by atoms with E-state index in [1.165, 1.54) is 0 Å². The standard InChI is InChI=1S/C22H21BrN2O2/c1-15(17-7-4-8-20(23)14-17)25-21(26)11-12-24-22(27)19-10-9-16-5-2-3-6-18(16)13-19/h2-10,13-15H,11-12H2,1H3,(H,24,27)(H,25,26). The molecule has 0 radical (unpaired) electrons. The van der Waals surface area contributed by atoms with Crippen molar-refractivity contribution in [3.8, 4) is 0 Å². The largest absolute Gasteiger partial charge is 0.352 e. The van der Waals surface area contributed by atoms with Gasteiger partial charge in [0, 0.05) is 23.0 Å². The maximum absolute atomic E-state index is 12.3. The highest BCUT2D eigenvalue weighted by molar-refractivity contribution is 9.10. The number of benzene rings is 3. The fourth-order valence-electron chi connectivity index (χ4n) is 2.90. The molecule has 0 saturated carbocycles. The van der Waals surface area contributed by atoms with Crippen molar-refractivity contribution in [3.05, 3.63) is 82.3 Å². The van der Waals surface area contributed by atoms with Gasteiger partial charge in [-0.2, -0.15) is 0 Å². The van der Waals surface area contributed by atoms with E-state index in [1.807, 2.05) is 67.6 Å². The Bertz CT molecular complexity index is 971. The quantitative estimate of drug-likeness (QED) is 0.607. The number of hydrogen-bond acceptors (Lipinski definition) is 2. The summed E-state index contributed by atoms with van der Waals surface area (Å²) in [6.45, 7) is 2.23. The lowest BCUT2D eigenvalue weighted by atomic mass is 10.1. The molecule has 4 nitrogen and oxygen atoms in total. The van der Waals surface area contributed by atoms with Crippen LogP contribution in [0.3, 0.4) is 0 Å². The molecule has 5 heteroatoms. The van der Waals surface area contributed by atoms with Crippen LogP contribution in [-0.4, -0.2) is 18.4 Å². The minimum Gasteiger partial charge on any atom is -0.352 e. The molecule has 0 aliphatic rings. The van der Waals surface area contributed by atoms with Crippen molar-refractivity contribution < 1.29 is 9.59 Å². The van der Waals surface area contributed by atoms with Gasteiger partial charge in [0.25, 0.3) is 5.91 Å². The van der Waals surface area contributed by atoms with Gasteiger partial charge in [-0.15, -0.1) is 0 Å². The van der Waals surface area contributed by atoms with Gasteiger partial charge in [0.05, 0.1) is 6.04 Å². The SMILES string of the molecule is CC(NC(=O)CCNC(=O)c1ccc2ccccc2c1)c1cccc(Br)c1. The summed E-state index contributed by atoms with van der Waals surface area (Å²) >= 11 is 3.43. The maximum atomic E-state index is 12.3. The molecule has 27 heavy (non-hydrogen) atoms. The molecular formula is C22H21BrN2O2. The van der Waals surface area contributed by atoms with E-state index in [4.69, 9.17) is 0 Å². The van der Waals surface area contributed by atoms with E-state index >= 15 is 0 Å². The Morgan fingerprint density at radius 1 is 0.963 bits per heavy atom. The molecule has 138 valence electrons. The van der Waals surface area contributed by atoms with Crippen LogP contribution in [0.4, 0.5) is 0 Å². The summed E-state index contributed by atoms with van der Waals surface area (Å²) in [5.41, 5.74) is 1.62. The lowest BCUT2D eigenvalue weighted by Crippen LogP contribution is -2.32. The Morgan fingerprint density at radius 3 is 2.52 bits per heavy atom. The predicted octanol–water partition coefficient (Wildman–Crippen LogP) is 4.60. The average molecular weight is 425 g/mol. The van der Waals surface area contributed by atoms with Crippen molar-refractivity contribution in [2.24, 2.45) is 0 Å². The number of fused-ring (bicyclic) bond motifs is 1. The van der Waals surface area contributed by atoms with Gasteiger partial charge in [-0.3, -0.25) is 9.59 Å². The first-order valence-corrected chi connectivity index (χ1v) is 9.64. The number of carbonyl (C=O) groups is 2. The summed E-state index contributed by atoms with van der Waals surface area (Å²) in [4.78, 5) is 24.4. The third kappa shape index (κ3) is 5.17. The summed E-state index contributed by atoms with van der Waals surface area (Å²) in [7, 11) is 0. The van der Waals surface area contributed by atoms with Gasteiger partial charge in [-0.25, -0.2) is 0 Å². The van der Waals surface area contributed by atoms with Crippen LogP contribution in [0.2, 0.25) is 0 Å².